The summed E-state index contributed by atoms with van der Waals surface area (Å²) in [6.07, 6.45) is 1.51. The lowest BCUT2D eigenvalue weighted by molar-refractivity contribution is 0.0679. The summed E-state index contributed by atoms with van der Waals surface area (Å²) in [5.74, 6) is 0.0107. The summed E-state index contributed by atoms with van der Waals surface area (Å²) in [4.78, 5) is 0. The Morgan fingerprint density at radius 1 is 1.32 bits per heavy atom. The number of phenolic OH excluding ortho intramolecular Hbond substituents is 1. The van der Waals surface area contributed by atoms with Crippen LogP contribution in [0.1, 0.15) is 43.1 Å². The number of aromatic nitrogens is 1. The Morgan fingerprint density at radius 2 is 1.96 bits per heavy atom. The van der Waals surface area contributed by atoms with Gasteiger partial charge < -0.3 is 21.9 Å². The molecule has 2 aromatic rings. The highest BCUT2D eigenvalue weighted by Gasteiger charge is 2.28. The number of rotatable bonds is 4. The highest BCUT2D eigenvalue weighted by Crippen LogP contribution is 2.34. The number of hydrogen-bond acceptors (Lipinski definition) is 4. The van der Waals surface area contributed by atoms with Crippen LogP contribution in [0.15, 0.2) is 30.3 Å². The normalized spacial score (nSPS) is 14.8. The van der Waals surface area contributed by atoms with Gasteiger partial charge in [0.1, 0.15) is 11.6 Å². The van der Waals surface area contributed by atoms with Gasteiger partial charge in [-0.2, -0.15) is 8.78 Å². The molecule has 7 heteroatoms. The minimum absolute atomic E-state index is 0.0137. The number of nitrogens with one attached hydrogen (secondary N) is 1. The van der Waals surface area contributed by atoms with Crippen LogP contribution in [0, 0.1) is 0 Å². The maximum atomic E-state index is 13.3. The fourth-order valence-corrected chi connectivity index (χ4v) is 2.69. The first kappa shape index (κ1) is 18.8. The Balaban J connectivity index is 0.00000109. The first-order chi connectivity index (χ1) is 12.0. The third kappa shape index (κ3) is 3.76. The molecule has 0 radical (unpaired) electrons. The Bertz CT molecular complexity index is 752. The van der Waals surface area contributed by atoms with Crippen molar-refractivity contribution in [2.75, 3.05) is 18.8 Å². The van der Waals surface area contributed by atoms with Gasteiger partial charge in [-0.1, -0.05) is 26.0 Å². The zero-order chi connectivity index (χ0) is 18.6. The number of phenols is 1. The molecule has 1 aliphatic rings. The summed E-state index contributed by atoms with van der Waals surface area (Å²) in [6, 6.07) is 8.21. The second kappa shape index (κ2) is 8.02. The lowest BCUT2D eigenvalue weighted by Crippen LogP contribution is -2.41. The van der Waals surface area contributed by atoms with Crippen LogP contribution in [-0.2, 0) is 0 Å². The van der Waals surface area contributed by atoms with Gasteiger partial charge in [0.25, 0.3) is 0 Å². The average Bonchev–Trinajstić information content (AvgIpc) is 2.84. The topological polar surface area (TPSA) is 89.2 Å². The lowest BCUT2D eigenvalue weighted by atomic mass is 9.99. The van der Waals surface area contributed by atoms with Gasteiger partial charge in [-0.15, -0.1) is 0 Å². The van der Waals surface area contributed by atoms with E-state index in [4.69, 9.17) is 11.5 Å². The molecule has 0 unspecified atom stereocenters. The minimum atomic E-state index is -2.71. The first-order valence-electron chi connectivity index (χ1n) is 8.24. The number of nitrogens with zero attached hydrogens (tertiary/aromatic N) is 1. The predicted octanol–water partition coefficient (Wildman–Crippen LogP) is 3.34. The van der Waals surface area contributed by atoms with E-state index < -0.39 is 6.55 Å². The standard InChI is InChI=1S/C16H18F2N4O.C2H6/c17-16(18)22-13(10-7-21-8-10)6-9(15(22)20)5-12(19)11-3-1-2-4-14(11)23;1-2/h1-6,10,16,21,23H,7-8,19-20H2;1-2H3/b12-5-;. The smallest absolute Gasteiger partial charge is 0.320 e. The number of anilines is 1. The molecule has 1 aromatic carbocycles. The van der Waals surface area contributed by atoms with Crippen molar-refractivity contribution in [3.63, 3.8) is 0 Å². The summed E-state index contributed by atoms with van der Waals surface area (Å²) >= 11 is 0. The highest BCUT2D eigenvalue weighted by atomic mass is 19.3. The quantitative estimate of drug-likeness (QED) is 0.681. The molecule has 0 aliphatic carbocycles. The third-order valence-electron chi connectivity index (χ3n) is 4.06. The van der Waals surface area contributed by atoms with Gasteiger partial charge in [0, 0.05) is 41.5 Å². The van der Waals surface area contributed by atoms with E-state index >= 15 is 0 Å². The molecule has 0 atom stereocenters. The molecule has 0 spiro atoms. The second-order valence-electron chi connectivity index (χ2n) is 5.53. The van der Waals surface area contributed by atoms with Crippen LogP contribution in [0.5, 0.6) is 5.75 Å². The van der Waals surface area contributed by atoms with E-state index in [1.54, 1.807) is 24.3 Å². The average molecular weight is 350 g/mol. The number of nitrogens with two attached hydrogens (primary N) is 2. The van der Waals surface area contributed by atoms with Crippen molar-refractivity contribution >= 4 is 17.6 Å². The van der Waals surface area contributed by atoms with Crippen LogP contribution < -0.4 is 16.8 Å². The summed E-state index contributed by atoms with van der Waals surface area (Å²) in [5, 5.41) is 12.9. The molecule has 0 bridgehead atoms. The van der Waals surface area contributed by atoms with Crippen LogP contribution in [0.2, 0.25) is 0 Å². The number of benzene rings is 1. The van der Waals surface area contributed by atoms with Crippen LogP contribution in [0.25, 0.3) is 11.8 Å². The van der Waals surface area contributed by atoms with E-state index in [9.17, 15) is 13.9 Å². The van der Waals surface area contributed by atoms with Crippen LogP contribution in [0.3, 0.4) is 0 Å². The summed E-state index contributed by atoms with van der Waals surface area (Å²) in [5.41, 5.74) is 13.5. The number of nitrogen functional groups attached to an aromatic ring is 1. The Labute approximate surface area is 145 Å². The molecule has 1 fully saturated rings. The van der Waals surface area contributed by atoms with Crippen LogP contribution in [-0.4, -0.2) is 22.8 Å². The van der Waals surface area contributed by atoms with Crippen molar-refractivity contribution in [3.05, 3.63) is 47.2 Å². The molecule has 3 rings (SSSR count). The number of para-hydroxylation sites is 1. The molecular formula is C18H24F2N4O. The van der Waals surface area contributed by atoms with Gasteiger partial charge in [-0.3, -0.25) is 4.57 Å². The molecular weight excluding hydrogens is 326 g/mol. The van der Waals surface area contributed by atoms with Crippen molar-refractivity contribution in [2.45, 2.75) is 26.3 Å². The molecule has 25 heavy (non-hydrogen) atoms. The minimum Gasteiger partial charge on any atom is -0.507 e. The fourth-order valence-electron chi connectivity index (χ4n) is 2.69. The zero-order valence-electron chi connectivity index (χ0n) is 14.3. The monoisotopic (exact) mass is 350 g/mol. The van der Waals surface area contributed by atoms with Gasteiger partial charge in [0.05, 0.1) is 0 Å². The lowest BCUT2D eigenvalue weighted by Gasteiger charge is -2.28. The third-order valence-corrected chi connectivity index (χ3v) is 4.06. The number of alkyl halides is 2. The molecule has 5 nitrogen and oxygen atoms in total. The molecule has 2 heterocycles. The number of aromatic hydroxyl groups is 1. The molecule has 1 aliphatic heterocycles. The van der Waals surface area contributed by atoms with Crippen LogP contribution >= 0.6 is 0 Å². The van der Waals surface area contributed by atoms with Crippen molar-refractivity contribution in [2.24, 2.45) is 5.73 Å². The Morgan fingerprint density at radius 3 is 2.48 bits per heavy atom. The molecule has 0 saturated carbocycles. The maximum absolute atomic E-state index is 13.3. The van der Waals surface area contributed by atoms with Gasteiger partial charge in [0.15, 0.2) is 0 Å². The van der Waals surface area contributed by atoms with Crippen molar-refractivity contribution in [1.82, 2.24) is 9.88 Å². The van der Waals surface area contributed by atoms with Gasteiger partial charge >= 0.3 is 6.55 Å². The largest absolute Gasteiger partial charge is 0.507 e. The van der Waals surface area contributed by atoms with E-state index in [-0.39, 0.29) is 23.2 Å². The summed E-state index contributed by atoms with van der Waals surface area (Å²) in [7, 11) is 0. The molecule has 1 aromatic heterocycles. The van der Waals surface area contributed by atoms with Crippen molar-refractivity contribution in [1.29, 1.82) is 0 Å². The van der Waals surface area contributed by atoms with Gasteiger partial charge in [-0.25, -0.2) is 0 Å². The van der Waals surface area contributed by atoms with E-state index in [2.05, 4.69) is 5.32 Å². The van der Waals surface area contributed by atoms with Crippen molar-refractivity contribution < 1.29 is 13.9 Å². The van der Waals surface area contributed by atoms with E-state index in [1.165, 1.54) is 12.1 Å². The maximum Gasteiger partial charge on any atom is 0.320 e. The van der Waals surface area contributed by atoms with E-state index in [0.717, 1.165) is 4.57 Å². The summed E-state index contributed by atoms with van der Waals surface area (Å²) in [6.45, 7) is 2.59. The first-order valence-corrected chi connectivity index (χ1v) is 8.24. The van der Waals surface area contributed by atoms with Crippen LogP contribution in [0.4, 0.5) is 14.6 Å². The molecule has 0 amide bonds. The Kier molecular flexibility index (Phi) is 6.03. The predicted molar refractivity (Wildman–Crippen MR) is 97.2 cm³/mol. The second-order valence-corrected chi connectivity index (χ2v) is 5.53. The SMILES string of the molecule is CC.N/C(=C\c1cc(C2CNC2)n(C(F)F)c1N)c1ccccc1O. The van der Waals surface area contributed by atoms with Gasteiger partial charge in [-0.05, 0) is 24.3 Å². The number of hydrogen-bond donors (Lipinski definition) is 4. The van der Waals surface area contributed by atoms with Crippen molar-refractivity contribution in [3.8, 4) is 5.75 Å². The number of halogens is 2. The van der Waals surface area contributed by atoms with E-state index in [0.29, 0.717) is 29.9 Å². The van der Waals surface area contributed by atoms with Gasteiger partial charge in [0.2, 0.25) is 0 Å². The molecule has 6 N–H and O–H groups in total. The zero-order valence-corrected chi connectivity index (χ0v) is 14.3. The fraction of sp³-hybridized carbons (Fsp3) is 0.333. The Hall–Kier alpha value is -2.54. The molecule has 136 valence electrons. The molecule has 1 saturated heterocycles. The van der Waals surface area contributed by atoms with E-state index in [1.807, 2.05) is 13.8 Å². The highest BCUT2D eigenvalue weighted by molar-refractivity contribution is 5.84. The summed E-state index contributed by atoms with van der Waals surface area (Å²) < 4.78 is 27.5.